The Bertz CT molecular complexity index is 496. The molecular formula is C15H18S2. The van der Waals surface area contributed by atoms with E-state index < -0.39 is 0 Å². The molecule has 2 rings (SSSR count). The molecule has 0 spiro atoms. The molecule has 1 aliphatic heterocycles. The molecule has 1 heterocycles. The molecular weight excluding hydrogens is 244 g/mol. The van der Waals surface area contributed by atoms with Gasteiger partial charge in [-0.3, -0.25) is 0 Å². The minimum Gasteiger partial charge on any atom is -0.0730 e. The monoisotopic (exact) mass is 262 g/mol. The molecule has 0 atom stereocenters. The van der Waals surface area contributed by atoms with Crippen molar-refractivity contribution in [3.05, 3.63) is 45.9 Å². The fourth-order valence-electron chi connectivity index (χ4n) is 1.79. The van der Waals surface area contributed by atoms with Gasteiger partial charge in [0.05, 0.1) is 0 Å². The quantitative estimate of drug-likeness (QED) is 0.614. The van der Waals surface area contributed by atoms with Gasteiger partial charge in [-0.05, 0) is 50.0 Å². The summed E-state index contributed by atoms with van der Waals surface area (Å²) >= 11 is 0. The highest BCUT2D eigenvalue weighted by molar-refractivity contribution is 8.78. The lowest BCUT2D eigenvalue weighted by Gasteiger charge is -2.19. The maximum atomic E-state index is 2.34. The molecule has 0 bridgehead atoms. The van der Waals surface area contributed by atoms with Crippen molar-refractivity contribution in [2.75, 3.05) is 0 Å². The minimum absolute atomic E-state index is 1.12. The fourth-order valence-corrected chi connectivity index (χ4v) is 4.09. The Labute approximate surface area is 112 Å². The molecule has 0 saturated carbocycles. The van der Waals surface area contributed by atoms with Gasteiger partial charge < -0.3 is 0 Å². The van der Waals surface area contributed by atoms with Gasteiger partial charge in [0.2, 0.25) is 0 Å². The van der Waals surface area contributed by atoms with E-state index in [-0.39, 0.29) is 0 Å². The first-order valence-corrected chi connectivity index (χ1v) is 8.10. The van der Waals surface area contributed by atoms with Gasteiger partial charge in [-0.15, -0.1) is 0 Å². The Morgan fingerprint density at radius 3 is 2.71 bits per heavy atom. The first kappa shape index (κ1) is 12.8. The predicted molar refractivity (Wildman–Crippen MR) is 81.3 cm³/mol. The third-order valence-corrected chi connectivity index (χ3v) is 5.62. The van der Waals surface area contributed by atoms with Gasteiger partial charge in [-0.2, -0.15) is 0 Å². The summed E-state index contributed by atoms with van der Waals surface area (Å²) in [6, 6.07) is 6.75. The largest absolute Gasteiger partial charge is 0.0730 e. The summed E-state index contributed by atoms with van der Waals surface area (Å²) in [6.07, 6.45) is 3.46. The number of hydrogen-bond donors (Lipinski definition) is 0. The zero-order valence-corrected chi connectivity index (χ0v) is 12.5. The maximum Gasteiger partial charge on any atom is 0.0267 e. The molecule has 0 fully saturated rings. The predicted octanol–water partition coefficient (Wildman–Crippen LogP) is 5.84. The Hall–Kier alpha value is -0.600. The van der Waals surface area contributed by atoms with Crippen molar-refractivity contribution < 1.29 is 0 Å². The van der Waals surface area contributed by atoms with E-state index in [0.717, 1.165) is 6.42 Å². The lowest BCUT2D eigenvalue weighted by molar-refractivity contribution is 1.10. The number of fused-ring (bicyclic) bond motifs is 1. The molecule has 0 aliphatic carbocycles. The van der Waals surface area contributed by atoms with Gasteiger partial charge in [0.15, 0.2) is 0 Å². The fraction of sp³-hybridized carbons (Fsp3) is 0.333. The summed E-state index contributed by atoms with van der Waals surface area (Å²) in [5, 5.41) is 0. The molecule has 0 unspecified atom stereocenters. The Morgan fingerprint density at radius 1 is 1.24 bits per heavy atom. The number of allylic oxidation sites excluding steroid dienone is 4. The highest BCUT2D eigenvalue weighted by Crippen LogP contribution is 2.48. The van der Waals surface area contributed by atoms with Crippen LogP contribution in [-0.2, 0) is 0 Å². The topological polar surface area (TPSA) is 0 Å². The van der Waals surface area contributed by atoms with Crippen molar-refractivity contribution in [2.24, 2.45) is 0 Å². The van der Waals surface area contributed by atoms with E-state index in [0.29, 0.717) is 0 Å². The van der Waals surface area contributed by atoms with Gasteiger partial charge >= 0.3 is 0 Å². The number of benzene rings is 1. The van der Waals surface area contributed by atoms with Crippen molar-refractivity contribution in [2.45, 2.75) is 39.0 Å². The Morgan fingerprint density at radius 2 is 2.00 bits per heavy atom. The molecule has 17 heavy (non-hydrogen) atoms. The van der Waals surface area contributed by atoms with E-state index >= 15 is 0 Å². The normalized spacial score (nSPS) is 16.1. The maximum absolute atomic E-state index is 2.34. The summed E-state index contributed by atoms with van der Waals surface area (Å²) < 4.78 is 0. The van der Waals surface area contributed by atoms with Crippen LogP contribution in [-0.4, -0.2) is 0 Å². The molecule has 0 radical (unpaired) electrons. The average Bonchev–Trinajstić information content (AvgIpc) is 2.32. The smallest absolute Gasteiger partial charge is 0.0267 e. The second-order valence-electron chi connectivity index (χ2n) is 4.48. The number of aryl methyl sites for hydroxylation is 1. The van der Waals surface area contributed by atoms with E-state index in [1.807, 2.05) is 21.6 Å². The van der Waals surface area contributed by atoms with E-state index in [2.05, 4.69) is 52.0 Å². The second kappa shape index (κ2) is 5.36. The highest BCUT2D eigenvalue weighted by Gasteiger charge is 2.16. The van der Waals surface area contributed by atoms with Crippen LogP contribution in [0.15, 0.2) is 39.6 Å². The summed E-state index contributed by atoms with van der Waals surface area (Å²) in [6.45, 7) is 8.79. The van der Waals surface area contributed by atoms with Gasteiger partial charge in [0, 0.05) is 9.80 Å². The summed E-state index contributed by atoms with van der Waals surface area (Å²) in [5.41, 5.74) is 5.58. The average molecular weight is 262 g/mol. The second-order valence-corrected chi connectivity index (χ2v) is 6.87. The van der Waals surface area contributed by atoms with Crippen molar-refractivity contribution in [1.29, 1.82) is 0 Å². The zero-order chi connectivity index (χ0) is 12.4. The molecule has 2 heteroatoms. The van der Waals surface area contributed by atoms with Gasteiger partial charge in [-0.1, -0.05) is 52.3 Å². The van der Waals surface area contributed by atoms with Crippen LogP contribution < -0.4 is 0 Å². The lowest BCUT2D eigenvalue weighted by Crippen LogP contribution is -1.93. The van der Waals surface area contributed by atoms with Crippen LogP contribution in [0, 0.1) is 6.92 Å². The van der Waals surface area contributed by atoms with E-state index in [9.17, 15) is 0 Å². The van der Waals surface area contributed by atoms with Gasteiger partial charge in [-0.25, -0.2) is 0 Å². The molecule has 1 aliphatic rings. The van der Waals surface area contributed by atoms with E-state index in [4.69, 9.17) is 0 Å². The van der Waals surface area contributed by atoms with Crippen LogP contribution >= 0.6 is 21.6 Å². The molecule has 90 valence electrons. The first-order valence-electron chi connectivity index (χ1n) is 5.95. The zero-order valence-electron chi connectivity index (χ0n) is 10.8. The minimum atomic E-state index is 1.12. The highest BCUT2D eigenvalue weighted by atomic mass is 33.1. The Kier molecular flexibility index (Phi) is 4.05. The number of hydrogen-bond acceptors (Lipinski definition) is 2. The van der Waals surface area contributed by atoms with Crippen molar-refractivity contribution in [1.82, 2.24) is 0 Å². The van der Waals surface area contributed by atoms with Crippen LogP contribution in [0.1, 0.15) is 38.3 Å². The van der Waals surface area contributed by atoms with Gasteiger partial charge in [0.1, 0.15) is 0 Å². The molecule has 1 aromatic rings. The van der Waals surface area contributed by atoms with Crippen molar-refractivity contribution in [3.63, 3.8) is 0 Å². The summed E-state index contributed by atoms with van der Waals surface area (Å²) in [7, 11) is 3.76. The SMILES string of the molecule is CC/C(C)=C\C1=C(C)SSc2cc(C)ccc21. The third kappa shape index (κ3) is 2.80. The molecule has 1 aromatic carbocycles. The molecule has 0 amide bonds. The standard InChI is InChI=1S/C15H18S2/c1-5-10(2)8-14-12(4)16-17-15-9-11(3)6-7-13(14)15/h6-9H,5H2,1-4H3/b10-8-. The van der Waals surface area contributed by atoms with Gasteiger partial charge in [0.25, 0.3) is 0 Å². The van der Waals surface area contributed by atoms with Crippen LogP contribution in [0.4, 0.5) is 0 Å². The van der Waals surface area contributed by atoms with Crippen LogP contribution in [0.3, 0.4) is 0 Å². The van der Waals surface area contributed by atoms with E-state index in [1.54, 1.807) is 0 Å². The summed E-state index contributed by atoms with van der Waals surface area (Å²) in [5.74, 6) is 0. The third-order valence-electron chi connectivity index (χ3n) is 3.01. The van der Waals surface area contributed by atoms with Crippen molar-refractivity contribution in [3.8, 4) is 0 Å². The van der Waals surface area contributed by atoms with E-state index in [1.165, 1.54) is 32.1 Å². The van der Waals surface area contributed by atoms with Crippen LogP contribution in [0.2, 0.25) is 0 Å². The Balaban J connectivity index is 2.51. The van der Waals surface area contributed by atoms with Crippen LogP contribution in [0.25, 0.3) is 5.57 Å². The molecule has 0 nitrogen and oxygen atoms in total. The van der Waals surface area contributed by atoms with Crippen molar-refractivity contribution >= 4 is 27.2 Å². The lowest BCUT2D eigenvalue weighted by atomic mass is 10.0. The number of rotatable bonds is 2. The molecule has 0 aromatic heterocycles. The molecule has 0 N–H and O–H groups in total. The van der Waals surface area contributed by atoms with Crippen LogP contribution in [0.5, 0.6) is 0 Å². The first-order chi connectivity index (χ1) is 8.11. The summed E-state index contributed by atoms with van der Waals surface area (Å²) in [4.78, 5) is 2.81. The molecule has 0 saturated heterocycles.